The van der Waals surface area contributed by atoms with Gasteiger partial charge in [0.2, 0.25) is 5.91 Å². The van der Waals surface area contributed by atoms with Crippen molar-refractivity contribution in [2.45, 2.75) is 26.1 Å². The number of aromatic nitrogens is 3. The summed E-state index contributed by atoms with van der Waals surface area (Å²) in [5, 5.41) is 1.05. The number of amides is 1. The van der Waals surface area contributed by atoms with Crippen LogP contribution in [0.5, 0.6) is 0 Å². The third-order valence-electron chi connectivity index (χ3n) is 6.42. The van der Waals surface area contributed by atoms with E-state index in [9.17, 15) is 22.8 Å². The monoisotopic (exact) mass is 466 g/mol. The SMILES string of the molecule is CC(=O)N1CCc2c(c3ccc(-n4ccc(-c5ccc(C(F)(F)F)cn5)cc4=O)cc3n2C)C1. The highest BCUT2D eigenvalue weighted by Gasteiger charge is 2.30. The lowest BCUT2D eigenvalue weighted by Crippen LogP contribution is -2.34. The molecule has 1 amide bonds. The molecule has 0 spiro atoms. The topological polar surface area (TPSA) is 60.1 Å². The number of alkyl halides is 3. The van der Waals surface area contributed by atoms with Gasteiger partial charge in [-0.1, -0.05) is 6.07 Å². The van der Waals surface area contributed by atoms with Crippen LogP contribution in [0.3, 0.4) is 0 Å². The second kappa shape index (κ2) is 7.86. The number of benzene rings is 1. The van der Waals surface area contributed by atoms with Crippen LogP contribution in [0.4, 0.5) is 13.2 Å². The van der Waals surface area contributed by atoms with Crippen LogP contribution in [0, 0.1) is 0 Å². The number of fused-ring (bicyclic) bond motifs is 3. The van der Waals surface area contributed by atoms with Crippen molar-refractivity contribution < 1.29 is 18.0 Å². The number of hydrogen-bond donors (Lipinski definition) is 0. The van der Waals surface area contributed by atoms with E-state index in [1.807, 2.05) is 30.1 Å². The van der Waals surface area contributed by atoms with Crippen molar-refractivity contribution in [2.24, 2.45) is 7.05 Å². The summed E-state index contributed by atoms with van der Waals surface area (Å²) < 4.78 is 41.9. The average molecular weight is 466 g/mol. The number of aryl methyl sites for hydroxylation is 1. The highest BCUT2D eigenvalue weighted by Crippen LogP contribution is 2.32. The zero-order valence-corrected chi connectivity index (χ0v) is 18.6. The van der Waals surface area contributed by atoms with Crippen LogP contribution in [0.2, 0.25) is 0 Å². The van der Waals surface area contributed by atoms with Gasteiger partial charge < -0.3 is 9.47 Å². The smallest absolute Gasteiger partial charge is 0.347 e. The Labute approximate surface area is 192 Å². The number of pyridine rings is 2. The second-order valence-corrected chi connectivity index (χ2v) is 8.43. The maximum absolute atomic E-state index is 12.9. The third-order valence-corrected chi connectivity index (χ3v) is 6.42. The van der Waals surface area contributed by atoms with Crippen LogP contribution in [-0.2, 0) is 31.0 Å². The van der Waals surface area contributed by atoms with Crippen molar-refractivity contribution in [3.05, 3.63) is 82.0 Å². The molecule has 1 aromatic carbocycles. The highest BCUT2D eigenvalue weighted by molar-refractivity contribution is 5.88. The predicted octanol–water partition coefficient (Wildman–Crippen LogP) is 4.31. The van der Waals surface area contributed by atoms with Crippen molar-refractivity contribution in [1.29, 1.82) is 0 Å². The molecule has 0 aliphatic carbocycles. The average Bonchev–Trinajstić information content (AvgIpc) is 3.09. The van der Waals surface area contributed by atoms with E-state index in [1.165, 1.54) is 22.4 Å². The number of hydrogen-bond acceptors (Lipinski definition) is 3. The summed E-state index contributed by atoms with van der Waals surface area (Å²) in [6, 6.07) is 11.0. The van der Waals surface area contributed by atoms with Crippen LogP contribution in [0.25, 0.3) is 27.8 Å². The summed E-state index contributed by atoms with van der Waals surface area (Å²) in [6.45, 7) is 2.82. The van der Waals surface area contributed by atoms with E-state index in [0.717, 1.165) is 35.2 Å². The Morgan fingerprint density at radius 1 is 1.09 bits per heavy atom. The Balaban J connectivity index is 1.50. The van der Waals surface area contributed by atoms with Gasteiger partial charge in [0, 0.05) is 74.1 Å². The Morgan fingerprint density at radius 2 is 1.88 bits per heavy atom. The van der Waals surface area contributed by atoms with Crippen LogP contribution < -0.4 is 5.56 Å². The van der Waals surface area contributed by atoms with Gasteiger partial charge in [-0.25, -0.2) is 0 Å². The fourth-order valence-electron chi connectivity index (χ4n) is 4.56. The number of halogens is 3. The second-order valence-electron chi connectivity index (χ2n) is 8.43. The van der Waals surface area contributed by atoms with Crippen LogP contribution >= 0.6 is 0 Å². The number of carbonyl (C=O) groups excluding carboxylic acids is 1. The van der Waals surface area contributed by atoms with Gasteiger partial charge in [-0.05, 0) is 30.3 Å². The van der Waals surface area contributed by atoms with Gasteiger partial charge in [0.25, 0.3) is 5.56 Å². The molecule has 0 radical (unpaired) electrons. The van der Waals surface area contributed by atoms with E-state index in [4.69, 9.17) is 0 Å². The van der Waals surface area contributed by atoms with Crippen LogP contribution in [-0.4, -0.2) is 31.5 Å². The molecular formula is C25H21F3N4O2. The standard InChI is InChI=1S/C25H21F3N4O2/c1-15(33)31-9-8-22-20(14-31)19-5-4-18(12-23(19)30(22)2)32-10-7-16(11-24(32)34)21-6-3-17(13-29-21)25(26,27)28/h3-7,10-13H,8-9,14H2,1-2H3. The molecule has 1 aliphatic rings. The highest BCUT2D eigenvalue weighted by atomic mass is 19.4. The van der Waals surface area contributed by atoms with E-state index in [1.54, 1.807) is 19.2 Å². The fourth-order valence-corrected chi connectivity index (χ4v) is 4.56. The van der Waals surface area contributed by atoms with E-state index >= 15 is 0 Å². The summed E-state index contributed by atoms with van der Waals surface area (Å²) in [5.74, 6) is 0.0495. The van der Waals surface area contributed by atoms with Gasteiger partial charge in [0.1, 0.15) is 0 Å². The lowest BCUT2D eigenvalue weighted by atomic mass is 10.0. The van der Waals surface area contributed by atoms with Crippen molar-refractivity contribution in [3.8, 4) is 16.9 Å². The van der Waals surface area contributed by atoms with Crippen molar-refractivity contribution in [3.63, 3.8) is 0 Å². The zero-order valence-electron chi connectivity index (χ0n) is 18.6. The van der Waals surface area contributed by atoms with Gasteiger partial charge >= 0.3 is 6.18 Å². The van der Waals surface area contributed by atoms with Crippen molar-refractivity contribution >= 4 is 16.8 Å². The maximum Gasteiger partial charge on any atom is 0.417 e. The zero-order chi connectivity index (χ0) is 24.2. The largest absolute Gasteiger partial charge is 0.417 e. The first-order valence-electron chi connectivity index (χ1n) is 10.8. The molecule has 3 aromatic heterocycles. The van der Waals surface area contributed by atoms with Gasteiger partial charge in [0.05, 0.1) is 22.5 Å². The van der Waals surface area contributed by atoms with E-state index in [0.29, 0.717) is 24.3 Å². The van der Waals surface area contributed by atoms with Crippen LogP contribution in [0.1, 0.15) is 23.7 Å². The number of carbonyl (C=O) groups is 1. The predicted molar refractivity (Wildman–Crippen MR) is 122 cm³/mol. The molecule has 34 heavy (non-hydrogen) atoms. The minimum absolute atomic E-state index is 0.0495. The first-order valence-corrected chi connectivity index (χ1v) is 10.8. The molecule has 4 aromatic rings. The minimum Gasteiger partial charge on any atom is -0.347 e. The molecule has 0 unspecified atom stereocenters. The summed E-state index contributed by atoms with van der Waals surface area (Å²) in [7, 11) is 1.98. The first-order chi connectivity index (χ1) is 16.1. The fraction of sp³-hybridized carbons (Fsp3) is 0.240. The first kappa shape index (κ1) is 21.9. The van der Waals surface area contributed by atoms with Gasteiger partial charge in [-0.3, -0.25) is 19.1 Å². The third kappa shape index (κ3) is 3.67. The molecule has 5 rings (SSSR count). The molecule has 1 aliphatic heterocycles. The summed E-state index contributed by atoms with van der Waals surface area (Å²) >= 11 is 0. The molecule has 174 valence electrons. The summed E-state index contributed by atoms with van der Waals surface area (Å²) in [5.41, 5.74) is 3.52. The summed E-state index contributed by atoms with van der Waals surface area (Å²) in [6.07, 6.45) is -1.34. The quantitative estimate of drug-likeness (QED) is 0.442. The maximum atomic E-state index is 12.9. The molecule has 0 saturated heterocycles. The number of nitrogens with zero attached hydrogens (tertiary/aromatic N) is 4. The molecule has 4 heterocycles. The van der Waals surface area contributed by atoms with E-state index in [2.05, 4.69) is 9.55 Å². The van der Waals surface area contributed by atoms with Gasteiger partial charge in [0.15, 0.2) is 0 Å². The Morgan fingerprint density at radius 3 is 2.53 bits per heavy atom. The molecular weight excluding hydrogens is 445 g/mol. The molecule has 0 saturated carbocycles. The van der Waals surface area contributed by atoms with Gasteiger partial charge in [-0.2, -0.15) is 13.2 Å². The Kier molecular flexibility index (Phi) is 5.07. The van der Waals surface area contributed by atoms with Crippen LogP contribution in [0.15, 0.2) is 59.7 Å². The molecule has 0 bridgehead atoms. The molecule has 9 heteroatoms. The molecule has 6 nitrogen and oxygen atoms in total. The summed E-state index contributed by atoms with van der Waals surface area (Å²) in [4.78, 5) is 30.4. The lowest BCUT2D eigenvalue weighted by Gasteiger charge is -2.26. The Bertz CT molecular complexity index is 1480. The van der Waals surface area contributed by atoms with Crippen molar-refractivity contribution in [2.75, 3.05) is 6.54 Å². The Hall–Kier alpha value is -3.88. The molecule has 0 N–H and O–H groups in total. The molecule has 0 atom stereocenters. The molecule has 0 fully saturated rings. The normalized spacial score (nSPS) is 13.9. The van der Waals surface area contributed by atoms with E-state index in [-0.39, 0.29) is 17.2 Å². The minimum atomic E-state index is -4.46. The van der Waals surface area contributed by atoms with Crippen molar-refractivity contribution in [1.82, 2.24) is 19.0 Å². The number of rotatable bonds is 2. The lowest BCUT2D eigenvalue weighted by molar-refractivity contribution is -0.137. The van der Waals surface area contributed by atoms with Gasteiger partial charge in [-0.15, -0.1) is 0 Å². The van der Waals surface area contributed by atoms with E-state index < -0.39 is 11.7 Å².